The van der Waals surface area contributed by atoms with Gasteiger partial charge in [-0.3, -0.25) is 15.4 Å². The minimum Gasteiger partial charge on any atom is -0.339 e. The zero-order chi connectivity index (χ0) is 16.9. The molecule has 3 amide bonds. The molecule has 24 heavy (non-hydrogen) atoms. The Morgan fingerprint density at radius 1 is 1.17 bits per heavy atom. The smallest absolute Gasteiger partial charge is 0.326 e. The van der Waals surface area contributed by atoms with Gasteiger partial charge < -0.3 is 4.90 Å². The first-order chi connectivity index (χ1) is 11.6. The van der Waals surface area contributed by atoms with E-state index in [0.717, 1.165) is 32.4 Å². The standard InChI is InChI=1S/C15H16ClN5O2S/c16-14-18-12(9-24-14)20-15(23)19-11-8-10(4-5-17-11)13(22)21-6-2-1-3-7-21/h4-5,8-9H,1-3,6-7H2,(H2,17,19,20,23). The third-order valence-corrected chi connectivity index (χ3v) is 4.59. The highest BCUT2D eigenvalue weighted by Crippen LogP contribution is 2.19. The number of hydrogen-bond acceptors (Lipinski definition) is 5. The number of urea groups is 1. The molecule has 2 N–H and O–H groups in total. The summed E-state index contributed by atoms with van der Waals surface area (Å²) in [5.41, 5.74) is 0.513. The predicted molar refractivity (Wildman–Crippen MR) is 93.8 cm³/mol. The molecule has 0 aliphatic carbocycles. The second kappa shape index (κ2) is 7.59. The zero-order valence-corrected chi connectivity index (χ0v) is 14.4. The van der Waals surface area contributed by atoms with Crippen LogP contribution in [0.2, 0.25) is 4.47 Å². The molecule has 0 spiro atoms. The highest BCUT2D eigenvalue weighted by atomic mass is 35.5. The van der Waals surface area contributed by atoms with Crippen molar-refractivity contribution < 1.29 is 9.59 Å². The highest BCUT2D eigenvalue weighted by molar-refractivity contribution is 7.14. The molecule has 0 bridgehead atoms. The minimum absolute atomic E-state index is 0.0353. The predicted octanol–water partition coefficient (Wildman–Crippen LogP) is 3.46. The maximum atomic E-state index is 12.5. The van der Waals surface area contributed by atoms with E-state index >= 15 is 0 Å². The first-order valence-electron chi connectivity index (χ1n) is 7.56. The summed E-state index contributed by atoms with van der Waals surface area (Å²) in [6.07, 6.45) is 4.72. The Bertz CT molecular complexity index is 745. The first-order valence-corrected chi connectivity index (χ1v) is 8.82. The van der Waals surface area contributed by atoms with E-state index in [1.165, 1.54) is 17.5 Å². The first kappa shape index (κ1) is 16.7. The van der Waals surface area contributed by atoms with Crippen molar-refractivity contribution in [1.29, 1.82) is 0 Å². The fourth-order valence-electron chi connectivity index (χ4n) is 2.48. The van der Waals surface area contributed by atoms with Gasteiger partial charge in [-0.1, -0.05) is 11.6 Å². The molecular weight excluding hydrogens is 350 g/mol. The number of hydrogen-bond donors (Lipinski definition) is 2. The third kappa shape index (κ3) is 4.21. The number of halogens is 1. The monoisotopic (exact) mass is 365 g/mol. The lowest BCUT2D eigenvalue weighted by atomic mass is 10.1. The zero-order valence-electron chi connectivity index (χ0n) is 12.8. The topological polar surface area (TPSA) is 87.2 Å². The highest BCUT2D eigenvalue weighted by Gasteiger charge is 2.18. The number of rotatable bonds is 3. The summed E-state index contributed by atoms with van der Waals surface area (Å²) in [7, 11) is 0. The van der Waals surface area contributed by atoms with Crippen molar-refractivity contribution >= 4 is 46.5 Å². The van der Waals surface area contributed by atoms with Crippen LogP contribution >= 0.6 is 22.9 Å². The van der Waals surface area contributed by atoms with Crippen LogP contribution in [0.4, 0.5) is 16.4 Å². The lowest BCUT2D eigenvalue weighted by molar-refractivity contribution is 0.0724. The van der Waals surface area contributed by atoms with E-state index in [1.807, 2.05) is 4.90 Å². The van der Waals surface area contributed by atoms with Gasteiger partial charge in [0.05, 0.1) is 0 Å². The Labute approximate surface area is 148 Å². The van der Waals surface area contributed by atoms with Crippen molar-refractivity contribution in [3.05, 3.63) is 33.7 Å². The quantitative estimate of drug-likeness (QED) is 0.871. The number of amides is 3. The van der Waals surface area contributed by atoms with Crippen LogP contribution in [0.15, 0.2) is 23.7 Å². The molecule has 1 fully saturated rings. The average Bonchev–Trinajstić information content (AvgIpc) is 3.00. The van der Waals surface area contributed by atoms with Crippen molar-refractivity contribution in [2.75, 3.05) is 23.7 Å². The molecule has 2 aromatic rings. The van der Waals surface area contributed by atoms with Crippen LogP contribution in [-0.4, -0.2) is 39.9 Å². The fourth-order valence-corrected chi connectivity index (χ4v) is 3.18. The van der Waals surface area contributed by atoms with Gasteiger partial charge in [0.2, 0.25) is 0 Å². The van der Waals surface area contributed by atoms with Crippen LogP contribution in [0.1, 0.15) is 29.6 Å². The van der Waals surface area contributed by atoms with Gasteiger partial charge >= 0.3 is 6.03 Å². The van der Waals surface area contributed by atoms with Gasteiger partial charge in [0, 0.05) is 30.2 Å². The molecule has 9 heteroatoms. The summed E-state index contributed by atoms with van der Waals surface area (Å²) in [6, 6.07) is 2.73. The molecule has 2 aromatic heterocycles. The van der Waals surface area contributed by atoms with Crippen LogP contribution in [0, 0.1) is 0 Å². The number of thiazole rings is 1. The van der Waals surface area contributed by atoms with E-state index in [0.29, 0.717) is 21.7 Å². The Kier molecular flexibility index (Phi) is 5.27. The number of nitrogens with zero attached hydrogens (tertiary/aromatic N) is 3. The summed E-state index contributed by atoms with van der Waals surface area (Å²) in [6.45, 7) is 1.55. The normalized spacial score (nSPS) is 14.3. The van der Waals surface area contributed by atoms with Gasteiger partial charge in [-0.25, -0.2) is 14.8 Å². The molecule has 0 saturated carbocycles. The number of anilines is 2. The number of nitrogens with one attached hydrogen (secondary N) is 2. The van der Waals surface area contributed by atoms with Gasteiger partial charge in [-0.05, 0) is 31.4 Å². The summed E-state index contributed by atoms with van der Waals surface area (Å²) in [4.78, 5) is 34.2. The number of aromatic nitrogens is 2. The van der Waals surface area contributed by atoms with Crippen LogP contribution in [0.5, 0.6) is 0 Å². The summed E-state index contributed by atoms with van der Waals surface area (Å²) >= 11 is 6.94. The maximum absolute atomic E-state index is 12.5. The van der Waals surface area contributed by atoms with Crippen LogP contribution < -0.4 is 10.6 Å². The Balaban J connectivity index is 1.64. The molecule has 126 valence electrons. The van der Waals surface area contributed by atoms with E-state index in [-0.39, 0.29) is 5.91 Å². The van der Waals surface area contributed by atoms with Gasteiger partial charge in [-0.15, -0.1) is 11.3 Å². The van der Waals surface area contributed by atoms with Gasteiger partial charge in [0.25, 0.3) is 5.91 Å². The average molecular weight is 366 g/mol. The second-order valence-corrected chi connectivity index (χ2v) is 6.79. The summed E-state index contributed by atoms with van der Waals surface area (Å²) in [5.74, 6) is 0.631. The van der Waals surface area contributed by atoms with E-state index in [1.54, 1.807) is 17.5 Å². The van der Waals surface area contributed by atoms with Crippen LogP contribution in [0.25, 0.3) is 0 Å². The molecule has 3 heterocycles. The SMILES string of the molecule is O=C(Nc1cc(C(=O)N2CCCCC2)ccn1)Nc1csc(Cl)n1. The molecule has 0 aromatic carbocycles. The molecule has 0 radical (unpaired) electrons. The summed E-state index contributed by atoms with van der Waals surface area (Å²) < 4.78 is 0.345. The number of carbonyl (C=O) groups excluding carboxylic acids is 2. The lowest BCUT2D eigenvalue weighted by Gasteiger charge is -2.26. The van der Waals surface area contributed by atoms with Crippen molar-refractivity contribution in [3.63, 3.8) is 0 Å². The third-order valence-electron chi connectivity index (χ3n) is 3.61. The molecule has 1 aliphatic rings. The molecule has 3 rings (SSSR count). The second-order valence-electron chi connectivity index (χ2n) is 5.35. The van der Waals surface area contributed by atoms with Crippen molar-refractivity contribution in [2.24, 2.45) is 0 Å². The molecular formula is C15H16ClN5O2S. The Morgan fingerprint density at radius 2 is 1.92 bits per heavy atom. The maximum Gasteiger partial charge on any atom is 0.326 e. The van der Waals surface area contributed by atoms with E-state index in [2.05, 4.69) is 20.6 Å². The molecule has 0 atom stereocenters. The minimum atomic E-state index is -0.493. The fraction of sp³-hybridized carbons (Fsp3) is 0.333. The van der Waals surface area contributed by atoms with Gasteiger partial charge in [0.15, 0.2) is 4.47 Å². The van der Waals surface area contributed by atoms with Crippen molar-refractivity contribution in [2.45, 2.75) is 19.3 Å². The van der Waals surface area contributed by atoms with E-state index in [4.69, 9.17) is 11.6 Å². The molecule has 1 aliphatic heterocycles. The summed E-state index contributed by atoms with van der Waals surface area (Å²) in [5, 5.41) is 6.77. The molecule has 1 saturated heterocycles. The van der Waals surface area contributed by atoms with Crippen molar-refractivity contribution in [3.8, 4) is 0 Å². The number of likely N-dealkylation sites (tertiary alicyclic amines) is 1. The Hall–Kier alpha value is -2.19. The van der Waals surface area contributed by atoms with E-state index in [9.17, 15) is 9.59 Å². The number of carbonyl (C=O) groups is 2. The van der Waals surface area contributed by atoms with Crippen LogP contribution in [0.3, 0.4) is 0 Å². The Morgan fingerprint density at radius 3 is 2.62 bits per heavy atom. The molecule has 0 unspecified atom stereocenters. The van der Waals surface area contributed by atoms with E-state index < -0.39 is 6.03 Å². The number of piperidine rings is 1. The molecule has 7 nitrogen and oxygen atoms in total. The van der Waals surface area contributed by atoms with Crippen molar-refractivity contribution in [1.82, 2.24) is 14.9 Å². The van der Waals surface area contributed by atoms with Crippen LogP contribution in [-0.2, 0) is 0 Å². The largest absolute Gasteiger partial charge is 0.339 e. The van der Waals surface area contributed by atoms with Gasteiger partial charge in [0.1, 0.15) is 11.6 Å². The number of pyridine rings is 1. The lowest BCUT2D eigenvalue weighted by Crippen LogP contribution is -2.35. The van der Waals surface area contributed by atoms with Gasteiger partial charge in [-0.2, -0.15) is 0 Å².